The summed E-state index contributed by atoms with van der Waals surface area (Å²) in [4.78, 5) is 13.6. The van der Waals surface area contributed by atoms with Gasteiger partial charge in [-0.15, -0.1) is 0 Å². The van der Waals surface area contributed by atoms with Crippen molar-refractivity contribution in [3.05, 3.63) is 10.6 Å². The molecule has 0 bridgehead atoms. The second-order valence-electron chi connectivity index (χ2n) is 3.78. The van der Waals surface area contributed by atoms with Gasteiger partial charge in [-0.05, 0) is 35.5 Å². The van der Waals surface area contributed by atoms with Crippen molar-refractivity contribution in [2.24, 2.45) is 5.92 Å². The average Bonchev–Trinajstić information content (AvgIpc) is 2.12. The monoisotopic (exact) mass is 248 g/mol. The summed E-state index contributed by atoms with van der Waals surface area (Å²) in [6.07, 6.45) is 1.07. The Kier molecular flexibility index (Phi) is 4.54. The van der Waals surface area contributed by atoms with Crippen molar-refractivity contribution in [2.45, 2.75) is 20.3 Å². The molecule has 0 N–H and O–H groups in total. The topological polar surface area (TPSA) is 41.9 Å². The molecule has 0 aliphatic carbocycles. The van der Waals surface area contributed by atoms with Gasteiger partial charge in [-0.25, -0.2) is 0 Å². The lowest BCUT2D eigenvalue weighted by Gasteiger charge is -2.17. The van der Waals surface area contributed by atoms with Crippen LogP contribution in [0.2, 0.25) is 10.6 Å². The van der Waals surface area contributed by atoms with Crippen molar-refractivity contribution in [1.29, 1.82) is 0 Å². The van der Waals surface area contributed by atoms with Crippen LogP contribution in [0.4, 0.5) is 5.95 Å². The number of anilines is 1. The van der Waals surface area contributed by atoms with Gasteiger partial charge in [0.15, 0.2) is 0 Å². The first-order valence-corrected chi connectivity index (χ1v) is 5.53. The highest BCUT2D eigenvalue weighted by Gasteiger charge is 2.08. The van der Waals surface area contributed by atoms with Crippen molar-refractivity contribution in [1.82, 2.24) is 15.0 Å². The lowest BCUT2D eigenvalue weighted by atomic mass is 10.1. The Morgan fingerprint density at radius 2 is 1.67 bits per heavy atom. The highest BCUT2D eigenvalue weighted by atomic mass is 35.5. The molecule has 1 rings (SSSR count). The maximum Gasteiger partial charge on any atom is 0.230 e. The van der Waals surface area contributed by atoms with Gasteiger partial charge in [0, 0.05) is 13.6 Å². The molecule has 1 aromatic rings. The predicted molar refractivity (Wildman–Crippen MR) is 62.6 cm³/mol. The first-order valence-electron chi connectivity index (χ1n) is 4.77. The zero-order valence-electron chi connectivity index (χ0n) is 9.04. The summed E-state index contributed by atoms with van der Waals surface area (Å²) < 4.78 is 0. The summed E-state index contributed by atoms with van der Waals surface area (Å²) in [7, 11) is 1.91. The van der Waals surface area contributed by atoms with E-state index in [0.717, 1.165) is 13.0 Å². The molecule has 0 aliphatic rings. The zero-order valence-corrected chi connectivity index (χ0v) is 10.5. The van der Waals surface area contributed by atoms with E-state index in [9.17, 15) is 0 Å². The van der Waals surface area contributed by atoms with Gasteiger partial charge in [-0.3, -0.25) is 0 Å². The van der Waals surface area contributed by atoms with Gasteiger partial charge in [-0.2, -0.15) is 15.0 Å². The smallest absolute Gasteiger partial charge is 0.230 e. The summed E-state index contributed by atoms with van der Waals surface area (Å²) in [5.74, 6) is 1.15. The number of hydrogen-bond donors (Lipinski definition) is 0. The molecule has 0 unspecified atom stereocenters. The summed E-state index contributed by atoms with van der Waals surface area (Å²) in [5, 5.41) is 0.253. The maximum atomic E-state index is 5.68. The van der Waals surface area contributed by atoms with Crippen LogP contribution in [-0.2, 0) is 0 Å². The maximum absolute atomic E-state index is 5.68. The lowest BCUT2D eigenvalue weighted by Crippen LogP contribution is -2.22. The Balaban J connectivity index is 2.68. The summed E-state index contributed by atoms with van der Waals surface area (Å²) in [6.45, 7) is 5.21. The van der Waals surface area contributed by atoms with E-state index >= 15 is 0 Å². The van der Waals surface area contributed by atoms with Crippen molar-refractivity contribution in [3.63, 3.8) is 0 Å². The van der Waals surface area contributed by atoms with E-state index in [1.54, 1.807) is 0 Å². The SMILES string of the molecule is CC(C)CCN(C)c1nc(Cl)nc(Cl)n1. The first kappa shape index (κ1) is 12.5. The van der Waals surface area contributed by atoms with Crippen molar-refractivity contribution in [3.8, 4) is 0 Å². The molecule has 1 heterocycles. The fourth-order valence-electron chi connectivity index (χ4n) is 1.04. The van der Waals surface area contributed by atoms with Crippen molar-refractivity contribution >= 4 is 29.2 Å². The van der Waals surface area contributed by atoms with Crippen LogP contribution >= 0.6 is 23.2 Å². The lowest BCUT2D eigenvalue weighted by molar-refractivity contribution is 0.581. The molecule has 4 nitrogen and oxygen atoms in total. The fourth-order valence-corrected chi connectivity index (χ4v) is 1.39. The molecule has 0 atom stereocenters. The Bertz CT molecular complexity index is 310. The van der Waals surface area contributed by atoms with Crippen LogP contribution in [0, 0.1) is 5.92 Å². The molecular formula is C9H14Cl2N4. The van der Waals surface area contributed by atoms with E-state index in [2.05, 4.69) is 28.8 Å². The summed E-state index contributed by atoms with van der Waals surface area (Å²) in [5.41, 5.74) is 0. The van der Waals surface area contributed by atoms with E-state index in [4.69, 9.17) is 23.2 Å². The highest BCUT2D eigenvalue weighted by Crippen LogP contribution is 2.13. The molecule has 0 radical (unpaired) electrons. The Morgan fingerprint density at radius 1 is 1.13 bits per heavy atom. The standard InChI is InChI=1S/C9H14Cl2N4/c1-6(2)4-5-15(3)9-13-7(10)12-8(11)14-9/h6H,4-5H2,1-3H3. The van der Waals surface area contributed by atoms with Crippen LogP contribution in [-0.4, -0.2) is 28.5 Å². The van der Waals surface area contributed by atoms with E-state index in [-0.39, 0.29) is 10.6 Å². The van der Waals surface area contributed by atoms with E-state index in [1.807, 2.05) is 11.9 Å². The zero-order chi connectivity index (χ0) is 11.4. The van der Waals surface area contributed by atoms with Crippen LogP contribution < -0.4 is 4.90 Å². The van der Waals surface area contributed by atoms with Crippen LogP contribution in [0.3, 0.4) is 0 Å². The normalized spacial score (nSPS) is 10.8. The first-order chi connectivity index (χ1) is 6.99. The van der Waals surface area contributed by atoms with E-state index in [1.165, 1.54) is 0 Å². The minimum atomic E-state index is 0.126. The molecule has 0 saturated heterocycles. The van der Waals surface area contributed by atoms with Crippen molar-refractivity contribution in [2.75, 3.05) is 18.5 Å². The molecule has 1 aromatic heterocycles. The van der Waals surface area contributed by atoms with Crippen LogP contribution in [0.1, 0.15) is 20.3 Å². The number of hydrogen-bond acceptors (Lipinski definition) is 4. The Labute approximate surface area is 99.6 Å². The summed E-state index contributed by atoms with van der Waals surface area (Å²) >= 11 is 11.4. The van der Waals surface area contributed by atoms with Gasteiger partial charge in [-0.1, -0.05) is 13.8 Å². The van der Waals surface area contributed by atoms with E-state index in [0.29, 0.717) is 11.9 Å². The molecule has 6 heteroatoms. The minimum absolute atomic E-state index is 0.126. The van der Waals surface area contributed by atoms with Crippen LogP contribution in [0.15, 0.2) is 0 Å². The van der Waals surface area contributed by atoms with Gasteiger partial charge in [0.1, 0.15) is 0 Å². The minimum Gasteiger partial charge on any atom is -0.344 e. The largest absolute Gasteiger partial charge is 0.344 e. The highest BCUT2D eigenvalue weighted by molar-refractivity contribution is 6.31. The molecule has 0 amide bonds. The van der Waals surface area contributed by atoms with Gasteiger partial charge < -0.3 is 4.90 Å². The third kappa shape index (κ3) is 4.18. The quantitative estimate of drug-likeness (QED) is 0.822. The second kappa shape index (κ2) is 5.47. The summed E-state index contributed by atoms with van der Waals surface area (Å²) in [6, 6.07) is 0. The molecule has 0 aromatic carbocycles. The third-order valence-electron chi connectivity index (χ3n) is 1.95. The molecule has 0 aliphatic heterocycles. The van der Waals surface area contributed by atoms with Crippen molar-refractivity contribution < 1.29 is 0 Å². The third-order valence-corrected chi connectivity index (χ3v) is 2.29. The van der Waals surface area contributed by atoms with E-state index < -0.39 is 0 Å². The Hall–Kier alpha value is -0.610. The average molecular weight is 249 g/mol. The predicted octanol–water partition coefficient (Wildman–Crippen LogP) is 2.66. The fraction of sp³-hybridized carbons (Fsp3) is 0.667. The number of aromatic nitrogens is 3. The molecule has 0 spiro atoms. The van der Waals surface area contributed by atoms with Gasteiger partial charge in [0.25, 0.3) is 0 Å². The number of rotatable bonds is 4. The van der Waals surface area contributed by atoms with Crippen LogP contribution in [0.5, 0.6) is 0 Å². The van der Waals surface area contributed by atoms with Crippen LogP contribution in [0.25, 0.3) is 0 Å². The molecular weight excluding hydrogens is 235 g/mol. The number of halogens is 2. The van der Waals surface area contributed by atoms with Gasteiger partial charge in [0.2, 0.25) is 16.5 Å². The molecule has 0 fully saturated rings. The molecule has 84 valence electrons. The molecule has 0 saturated carbocycles. The molecule has 15 heavy (non-hydrogen) atoms. The number of nitrogens with zero attached hydrogens (tertiary/aromatic N) is 4. The van der Waals surface area contributed by atoms with Gasteiger partial charge in [0.05, 0.1) is 0 Å². The second-order valence-corrected chi connectivity index (χ2v) is 4.45. The van der Waals surface area contributed by atoms with Gasteiger partial charge >= 0.3 is 0 Å². The Morgan fingerprint density at radius 3 is 2.13 bits per heavy atom.